The molecule has 104 valence electrons. The largest absolute Gasteiger partial charge is 0.371 e. The number of pyridine rings is 1. The Bertz CT molecular complexity index is 666. The van der Waals surface area contributed by atoms with Gasteiger partial charge in [0.1, 0.15) is 0 Å². The van der Waals surface area contributed by atoms with Gasteiger partial charge in [0.25, 0.3) is 0 Å². The molecule has 5 rings (SSSR count). The Morgan fingerprint density at radius 2 is 2.25 bits per heavy atom. The number of carbonyl (C=O) groups is 1. The Morgan fingerprint density at radius 3 is 2.95 bits per heavy atom. The fourth-order valence-electron chi connectivity index (χ4n) is 2.99. The molecule has 7 nitrogen and oxygen atoms in total. The van der Waals surface area contributed by atoms with Crippen molar-refractivity contribution in [2.75, 3.05) is 18.0 Å². The average molecular weight is 273 g/mol. The molecule has 3 aliphatic heterocycles. The maximum Gasteiger partial charge on any atom is 0.223 e. The van der Waals surface area contributed by atoms with Crippen molar-refractivity contribution in [3.8, 4) is 0 Å². The second kappa shape index (κ2) is 4.17. The van der Waals surface area contributed by atoms with E-state index < -0.39 is 0 Å². The fourth-order valence-corrected chi connectivity index (χ4v) is 2.99. The minimum absolute atomic E-state index is 0.145. The predicted octanol–water partition coefficient (Wildman–Crippen LogP) is -0.0368. The van der Waals surface area contributed by atoms with Crippen LogP contribution in [-0.4, -0.2) is 46.4 Å². The summed E-state index contributed by atoms with van der Waals surface area (Å²) in [5.41, 5.74) is 6.72. The van der Waals surface area contributed by atoms with Gasteiger partial charge in [0.05, 0.1) is 35.2 Å². The normalized spacial score (nSPS) is 24.7. The molecule has 7 heteroatoms. The number of hydrogen-bond acceptors (Lipinski definition) is 5. The number of nitrogens with two attached hydrogens (primary N) is 1. The van der Waals surface area contributed by atoms with Crippen LogP contribution in [0.1, 0.15) is 12.1 Å². The maximum atomic E-state index is 10.9. The zero-order valence-electron chi connectivity index (χ0n) is 10.9. The molecule has 2 aromatic rings. The van der Waals surface area contributed by atoms with Crippen LogP contribution in [0.5, 0.6) is 0 Å². The van der Waals surface area contributed by atoms with Crippen molar-refractivity contribution < 1.29 is 9.53 Å². The van der Waals surface area contributed by atoms with Gasteiger partial charge in [0.2, 0.25) is 5.91 Å². The van der Waals surface area contributed by atoms with E-state index >= 15 is 0 Å². The van der Waals surface area contributed by atoms with Crippen LogP contribution in [0.15, 0.2) is 12.3 Å². The highest BCUT2D eigenvalue weighted by Crippen LogP contribution is 2.33. The van der Waals surface area contributed by atoms with E-state index in [0.717, 1.165) is 36.2 Å². The van der Waals surface area contributed by atoms with E-state index in [1.165, 1.54) is 0 Å². The standard InChI is InChI=1S/C13H15N5O2/c14-12(19)2-7-1-11-10(4-15-7)13(17-16-11)18-5-8-3-9(6-18)20-8/h1,4,8-9H,2-3,5-6H2,(H2,14,19)(H,16,17). The molecular formula is C13H15N5O2. The summed E-state index contributed by atoms with van der Waals surface area (Å²) in [7, 11) is 0. The zero-order chi connectivity index (χ0) is 13.7. The first-order valence-electron chi connectivity index (χ1n) is 6.71. The molecule has 0 aliphatic carbocycles. The number of rotatable bonds is 3. The molecule has 0 saturated carbocycles. The second-order valence-corrected chi connectivity index (χ2v) is 5.43. The number of aromatic nitrogens is 3. The molecule has 2 unspecified atom stereocenters. The quantitative estimate of drug-likeness (QED) is 0.818. The number of piperidine rings is 1. The third-order valence-electron chi connectivity index (χ3n) is 3.90. The van der Waals surface area contributed by atoms with Crippen LogP contribution in [0.25, 0.3) is 10.9 Å². The Balaban J connectivity index is 1.65. The molecule has 3 N–H and O–H groups in total. The lowest BCUT2D eigenvalue weighted by atomic mass is 9.99. The van der Waals surface area contributed by atoms with Crippen molar-refractivity contribution in [2.24, 2.45) is 5.73 Å². The number of aromatic amines is 1. The van der Waals surface area contributed by atoms with E-state index in [-0.39, 0.29) is 12.3 Å². The molecular weight excluding hydrogens is 258 g/mol. The lowest BCUT2D eigenvalue weighted by Crippen LogP contribution is -2.57. The number of amides is 1. The number of fused-ring (bicyclic) bond motifs is 3. The van der Waals surface area contributed by atoms with Crippen LogP contribution in [0, 0.1) is 0 Å². The van der Waals surface area contributed by atoms with E-state index in [1.807, 2.05) is 6.07 Å². The Morgan fingerprint density at radius 1 is 1.50 bits per heavy atom. The molecule has 0 radical (unpaired) electrons. The summed E-state index contributed by atoms with van der Waals surface area (Å²) in [5, 5.41) is 8.36. The topological polar surface area (TPSA) is 97.1 Å². The van der Waals surface area contributed by atoms with Gasteiger partial charge in [-0.15, -0.1) is 0 Å². The summed E-state index contributed by atoms with van der Waals surface area (Å²) in [6.45, 7) is 1.75. The smallest absolute Gasteiger partial charge is 0.223 e. The van der Waals surface area contributed by atoms with Gasteiger partial charge in [-0.05, 0) is 6.07 Å². The van der Waals surface area contributed by atoms with Gasteiger partial charge in [0.15, 0.2) is 5.82 Å². The summed E-state index contributed by atoms with van der Waals surface area (Å²) >= 11 is 0. The van der Waals surface area contributed by atoms with E-state index in [4.69, 9.17) is 10.5 Å². The average Bonchev–Trinajstić information content (AvgIpc) is 2.80. The lowest BCUT2D eigenvalue weighted by Gasteiger charge is -2.47. The molecule has 0 aromatic carbocycles. The number of hydrogen-bond donors (Lipinski definition) is 2. The lowest BCUT2D eigenvalue weighted by molar-refractivity contribution is -0.133. The zero-order valence-corrected chi connectivity index (χ0v) is 10.9. The fraction of sp³-hybridized carbons (Fsp3) is 0.462. The van der Waals surface area contributed by atoms with E-state index in [1.54, 1.807) is 6.20 Å². The first-order valence-corrected chi connectivity index (χ1v) is 6.71. The van der Waals surface area contributed by atoms with Crippen LogP contribution in [-0.2, 0) is 16.0 Å². The summed E-state index contributed by atoms with van der Waals surface area (Å²) in [5.74, 6) is 0.529. The summed E-state index contributed by atoms with van der Waals surface area (Å²) in [6, 6.07) is 1.83. The van der Waals surface area contributed by atoms with Crippen LogP contribution < -0.4 is 10.6 Å². The van der Waals surface area contributed by atoms with Crippen molar-refractivity contribution >= 4 is 22.6 Å². The second-order valence-electron chi connectivity index (χ2n) is 5.43. The third kappa shape index (κ3) is 1.82. The van der Waals surface area contributed by atoms with Crippen molar-refractivity contribution in [3.63, 3.8) is 0 Å². The monoisotopic (exact) mass is 273 g/mol. The molecule has 20 heavy (non-hydrogen) atoms. The van der Waals surface area contributed by atoms with E-state index in [0.29, 0.717) is 17.9 Å². The first kappa shape index (κ1) is 11.7. The van der Waals surface area contributed by atoms with Gasteiger partial charge in [0, 0.05) is 25.7 Å². The Labute approximate surface area is 115 Å². The third-order valence-corrected chi connectivity index (χ3v) is 3.90. The van der Waals surface area contributed by atoms with Gasteiger partial charge >= 0.3 is 0 Å². The molecule has 3 aliphatic rings. The number of carbonyl (C=O) groups excluding carboxylic acids is 1. The van der Waals surface area contributed by atoms with Crippen molar-refractivity contribution in [1.82, 2.24) is 15.2 Å². The van der Waals surface area contributed by atoms with Gasteiger partial charge < -0.3 is 15.4 Å². The summed E-state index contributed by atoms with van der Waals surface area (Å²) < 4.78 is 5.63. The van der Waals surface area contributed by atoms with Gasteiger partial charge in [-0.2, -0.15) is 5.10 Å². The molecule has 3 saturated heterocycles. The van der Waals surface area contributed by atoms with Crippen molar-refractivity contribution in [2.45, 2.75) is 25.0 Å². The Kier molecular flexibility index (Phi) is 2.43. The highest BCUT2D eigenvalue weighted by Gasteiger charge is 2.39. The number of anilines is 1. The molecule has 1 amide bonds. The van der Waals surface area contributed by atoms with Gasteiger partial charge in [-0.3, -0.25) is 14.9 Å². The summed E-state index contributed by atoms with van der Waals surface area (Å²) in [6.07, 6.45) is 3.73. The van der Waals surface area contributed by atoms with Crippen molar-refractivity contribution in [1.29, 1.82) is 0 Å². The predicted molar refractivity (Wildman–Crippen MR) is 72.3 cm³/mol. The minimum Gasteiger partial charge on any atom is -0.371 e. The molecule has 2 aromatic heterocycles. The van der Waals surface area contributed by atoms with Gasteiger partial charge in [-0.25, -0.2) is 0 Å². The number of H-pyrrole nitrogens is 1. The highest BCUT2D eigenvalue weighted by atomic mass is 16.5. The van der Waals surface area contributed by atoms with Crippen LogP contribution in [0.2, 0.25) is 0 Å². The molecule has 5 heterocycles. The number of nitrogens with zero attached hydrogens (tertiary/aromatic N) is 3. The summed E-state index contributed by atoms with van der Waals surface area (Å²) in [4.78, 5) is 17.5. The maximum absolute atomic E-state index is 10.9. The molecule has 0 spiro atoms. The van der Waals surface area contributed by atoms with E-state index in [2.05, 4.69) is 20.1 Å². The molecule has 2 atom stereocenters. The first-order chi connectivity index (χ1) is 9.69. The number of morpholine rings is 1. The number of nitrogens with one attached hydrogen (secondary N) is 1. The van der Waals surface area contributed by atoms with E-state index in [9.17, 15) is 4.79 Å². The molecule has 2 bridgehead atoms. The van der Waals surface area contributed by atoms with Gasteiger partial charge in [-0.1, -0.05) is 0 Å². The minimum atomic E-state index is -0.384. The molecule has 3 fully saturated rings. The Hall–Kier alpha value is -2.15. The highest BCUT2D eigenvalue weighted by molar-refractivity contribution is 5.90. The number of primary amides is 1. The van der Waals surface area contributed by atoms with Crippen LogP contribution >= 0.6 is 0 Å². The number of ether oxygens (including phenoxy) is 1. The van der Waals surface area contributed by atoms with Crippen LogP contribution in [0.3, 0.4) is 0 Å². The van der Waals surface area contributed by atoms with Crippen LogP contribution in [0.4, 0.5) is 5.82 Å². The SMILES string of the molecule is NC(=O)Cc1cc2[nH]nc(N3CC4CC(C3)O4)c2cn1. The van der Waals surface area contributed by atoms with Crippen molar-refractivity contribution in [3.05, 3.63) is 18.0 Å².